The smallest absolute Gasteiger partial charge is 0.250 e. The Bertz CT molecular complexity index is 430. The van der Waals surface area contributed by atoms with Crippen LogP contribution in [0, 0.1) is 0 Å². The van der Waals surface area contributed by atoms with Crippen molar-refractivity contribution in [1.82, 2.24) is 9.47 Å². The minimum Gasteiger partial charge on any atom is -0.311 e. The first-order chi connectivity index (χ1) is 7.98. The molecule has 0 aliphatic carbocycles. The molecule has 0 bridgehead atoms. The molecule has 2 rings (SSSR count). The zero-order valence-corrected chi connectivity index (χ0v) is 11.0. The minimum atomic E-state index is 0.119. The third-order valence-corrected chi connectivity index (χ3v) is 3.59. The van der Waals surface area contributed by atoms with E-state index in [0.717, 1.165) is 19.5 Å². The van der Waals surface area contributed by atoms with Crippen LogP contribution in [0.4, 0.5) is 0 Å². The van der Waals surface area contributed by atoms with Crippen LogP contribution in [0.3, 0.4) is 0 Å². The predicted molar refractivity (Wildman–Crippen MR) is 70.3 cm³/mol. The molecule has 1 aliphatic heterocycles. The number of hydrogen-bond acceptors (Lipinski definition) is 2. The summed E-state index contributed by atoms with van der Waals surface area (Å²) in [4.78, 5) is 14.3. The molecule has 0 spiro atoms. The molecule has 3 nitrogen and oxygen atoms in total. The number of rotatable bonds is 1. The molecule has 94 valence electrons. The van der Waals surface area contributed by atoms with Gasteiger partial charge in [-0.05, 0) is 46.2 Å². The van der Waals surface area contributed by atoms with Gasteiger partial charge in [0.2, 0.25) is 0 Å². The van der Waals surface area contributed by atoms with Gasteiger partial charge in [0.15, 0.2) is 0 Å². The van der Waals surface area contributed by atoms with E-state index >= 15 is 0 Å². The molecule has 1 unspecified atom stereocenters. The summed E-state index contributed by atoms with van der Waals surface area (Å²) in [7, 11) is 0. The number of piperidine rings is 1. The van der Waals surface area contributed by atoms with Gasteiger partial charge >= 0.3 is 0 Å². The molecule has 0 amide bonds. The van der Waals surface area contributed by atoms with E-state index in [0.29, 0.717) is 6.04 Å². The van der Waals surface area contributed by atoms with Crippen LogP contribution in [0.5, 0.6) is 0 Å². The fourth-order valence-corrected chi connectivity index (χ4v) is 2.53. The van der Waals surface area contributed by atoms with E-state index < -0.39 is 0 Å². The molecule has 1 aliphatic rings. The van der Waals surface area contributed by atoms with Crippen molar-refractivity contribution in [3.05, 3.63) is 34.7 Å². The lowest BCUT2D eigenvalue weighted by Crippen LogP contribution is -2.48. The van der Waals surface area contributed by atoms with Crippen LogP contribution in [0.15, 0.2) is 29.2 Å². The Hall–Kier alpha value is -1.09. The van der Waals surface area contributed by atoms with Crippen LogP contribution >= 0.6 is 0 Å². The third kappa shape index (κ3) is 2.78. The Kier molecular flexibility index (Phi) is 3.38. The fraction of sp³-hybridized carbons (Fsp3) is 0.643. The highest BCUT2D eigenvalue weighted by atomic mass is 16.1. The molecule has 1 fully saturated rings. The number of hydrogen-bond donors (Lipinski definition) is 0. The summed E-state index contributed by atoms with van der Waals surface area (Å²) in [6, 6.07) is 5.73. The van der Waals surface area contributed by atoms with Gasteiger partial charge in [0.1, 0.15) is 0 Å². The maximum Gasteiger partial charge on any atom is 0.250 e. The van der Waals surface area contributed by atoms with Crippen LogP contribution < -0.4 is 5.56 Å². The largest absolute Gasteiger partial charge is 0.311 e. The van der Waals surface area contributed by atoms with Gasteiger partial charge < -0.3 is 4.57 Å². The lowest BCUT2D eigenvalue weighted by atomic mass is 9.98. The second-order valence-corrected chi connectivity index (χ2v) is 5.86. The van der Waals surface area contributed by atoms with Crippen molar-refractivity contribution in [3.63, 3.8) is 0 Å². The molecule has 1 saturated heterocycles. The predicted octanol–water partition coefficient (Wildman–Crippen LogP) is 2.28. The van der Waals surface area contributed by atoms with Crippen molar-refractivity contribution in [2.75, 3.05) is 13.1 Å². The molecule has 2 heterocycles. The molecule has 1 aromatic heterocycles. The van der Waals surface area contributed by atoms with Gasteiger partial charge in [-0.15, -0.1) is 0 Å². The first-order valence-corrected chi connectivity index (χ1v) is 6.41. The van der Waals surface area contributed by atoms with Gasteiger partial charge in [0.05, 0.1) is 0 Å². The summed E-state index contributed by atoms with van der Waals surface area (Å²) >= 11 is 0. The molecule has 1 aromatic rings. The lowest BCUT2D eigenvalue weighted by molar-refractivity contribution is 0.0811. The Labute approximate surface area is 103 Å². The van der Waals surface area contributed by atoms with Gasteiger partial charge in [0, 0.05) is 30.4 Å². The van der Waals surface area contributed by atoms with Gasteiger partial charge in [-0.3, -0.25) is 9.69 Å². The van der Waals surface area contributed by atoms with E-state index in [-0.39, 0.29) is 11.1 Å². The molecule has 0 aromatic carbocycles. The van der Waals surface area contributed by atoms with Crippen molar-refractivity contribution < 1.29 is 0 Å². The van der Waals surface area contributed by atoms with Crippen molar-refractivity contribution in [2.45, 2.75) is 45.2 Å². The van der Waals surface area contributed by atoms with E-state index in [9.17, 15) is 4.79 Å². The summed E-state index contributed by atoms with van der Waals surface area (Å²) in [6.07, 6.45) is 4.19. The molecule has 17 heavy (non-hydrogen) atoms. The number of pyridine rings is 1. The van der Waals surface area contributed by atoms with E-state index in [1.165, 1.54) is 6.42 Å². The van der Waals surface area contributed by atoms with Crippen LogP contribution in [0.2, 0.25) is 0 Å². The van der Waals surface area contributed by atoms with E-state index in [1.807, 2.05) is 22.9 Å². The van der Waals surface area contributed by atoms with Crippen molar-refractivity contribution in [3.8, 4) is 0 Å². The topological polar surface area (TPSA) is 25.2 Å². The monoisotopic (exact) mass is 234 g/mol. The average Bonchev–Trinajstić information content (AvgIpc) is 2.29. The summed E-state index contributed by atoms with van der Waals surface area (Å²) < 4.78 is 1.89. The summed E-state index contributed by atoms with van der Waals surface area (Å²) in [5.41, 5.74) is 0.310. The molecular weight excluding hydrogens is 212 g/mol. The van der Waals surface area contributed by atoms with Gasteiger partial charge in [-0.25, -0.2) is 0 Å². The average molecular weight is 234 g/mol. The zero-order chi connectivity index (χ0) is 12.5. The van der Waals surface area contributed by atoms with Crippen LogP contribution in [-0.4, -0.2) is 28.1 Å². The molecule has 1 atom stereocenters. The highest BCUT2D eigenvalue weighted by Crippen LogP contribution is 2.25. The zero-order valence-electron chi connectivity index (χ0n) is 11.0. The van der Waals surface area contributed by atoms with Gasteiger partial charge in [-0.2, -0.15) is 0 Å². The van der Waals surface area contributed by atoms with E-state index in [4.69, 9.17) is 0 Å². The maximum absolute atomic E-state index is 11.8. The lowest BCUT2D eigenvalue weighted by Gasteiger charge is -2.42. The second kappa shape index (κ2) is 4.65. The maximum atomic E-state index is 11.8. The summed E-state index contributed by atoms with van der Waals surface area (Å²) in [5, 5.41) is 0. The van der Waals surface area contributed by atoms with Crippen molar-refractivity contribution >= 4 is 0 Å². The van der Waals surface area contributed by atoms with Crippen molar-refractivity contribution in [2.24, 2.45) is 0 Å². The third-order valence-electron chi connectivity index (χ3n) is 3.59. The Morgan fingerprint density at radius 1 is 1.29 bits per heavy atom. The summed E-state index contributed by atoms with van der Waals surface area (Å²) in [5.74, 6) is 0. The normalized spacial score (nSPS) is 22.6. The number of aromatic nitrogens is 1. The van der Waals surface area contributed by atoms with Gasteiger partial charge in [0.25, 0.3) is 5.56 Å². The Balaban J connectivity index is 2.18. The SMILES string of the molecule is CC(C)(C)N1CCCC(n2ccccc2=O)C1. The van der Waals surface area contributed by atoms with Crippen molar-refractivity contribution in [1.29, 1.82) is 0 Å². The molecule has 0 radical (unpaired) electrons. The number of nitrogens with zero attached hydrogens (tertiary/aromatic N) is 2. The Morgan fingerprint density at radius 2 is 2.06 bits per heavy atom. The first kappa shape index (κ1) is 12.4. The van der Waals surface area contributed by atoms with Crippen LogP contribution in [0.1, 0.15) is 39.7 Å². The molecule has 0 N–H and O–H groups in total. The quantitative estimate of drug-likeness (QED) is 0.745. The highest BCUT2D eigenvalue weighted by Gasteiger charge is 2.28. The van der Waals surface area contributed by atoms with E-state index in [2.05, 4.69) is 25.7 Å². The molecule has 0 saturated carbocycles. The van der Waals surface area contributed by atoms with Crippen LogP contribution in [0.25, 0.3) is 0 Å². The fourth-order valence-electron chi connectivity index (χ4n) is 2.53. The molecular formula is C14H22N2O. The van der Waals surface area contributed by atoms with E-state index in [1.54, 1.807) is 6.07 Å². The Morgan fingerprint density at radius 3 is 2.71 bits per heavy atom. The van der Waals surface area contributed by atoms with Crippen LogP contribution in [-0.2, 0) is 0 Å². The highest BCUT2D eigenvalue weighted by molar-refractivity contribution is 4.97. The number of likely N-dealkylation sites (tertiary alicyclic amines) is 1. The molecule has 3 heteroatoms. The summed E-state index contributed by atoms with van der Waals surface area (Å²) in [6.45, 7) is 8.84. The standard InChI is InChI=1S/C14H22N2O/c1-14(2,3)15-9-6-7-12(11-15)16-10-5-4-8-13(16)17/h4-5,8,10,12H,6-7,9,11H2,1-3H3. The second-order valence-electron chi connectivity index (χ2n) is 5.86. The minimum absolute atomic E-state index is 0.119. The van der Waals surface area contributed by atoms with Gasteiger partial charge in [-0.1, -0.05) is 6.07 Å². The first-order valence-electron chi connectivity index (χ1n) is 6.41.